The van der Waals surface area contributed by atoms with Crippen molar-refractivity contribution in [3.8, 4) is 11.5 Å². The third-order valence-electron chi connectivity index (χ3n) is 6.72. The minimum Gasteiger partial charge on any atom is -0.504 e. The number of hydrogen-bond donors (Lipinski definition) is 3. The Morgan fingerprint density at radius 1 is 1.32 bits per heavy atom. The Balaban J connectivity index is 1.46. The van der Waals surface area contributed by atoms with Crippen molar-refractivity contribution < 1.29 is 19.4 Å². The predicted octanol–water partition coefficient (Wildman–Crippen LogP) is 4.14. The molecule has 2 heterocycles. The van der Waals surface area contributed by atoms with Crippen molar-refractivity contribution in [1.29, 1.82) is 0 Å². The second-order valence-corrected chi connectivity index (χ2v) is 8.52. The zero-order chi connectivity index (χ0) is 21.4. The van der Waals surface area contributed by atoms with E-state index in [-0.39, 0.29) is 29.7 Å². The van der Waals surface area contributed by atoms with Gasteiger partial charge in [-0.3, -0.25) is 4.79 Å². The van der Waals surface area contributed by atoms with Crippen LogP contribution in [0.1, 0.15) is 52.7 Å². The maximum absolute atomic E-state index is 13.1. The number of carbonyl (C=O) groups is 1. The van der Waals surface area contributed by atoms with Gasteiger partial charge in [-0.15, -0.1) is 0 Å². The van der Waals surface area contributed by atoms with Crippen molar-refractivity contribution in [3.05, 3.63) is 65.2 Å². The van der Waals surface area contributed by atoms with Gasteiger partial charge >= 0.3 is 0 Å². The lowest BCUT2D eigenvalue weighted by molar-refractivity contribution is 0.0858. The number of allylic oxidation sites excluding steroid dienone is 2. The SMILES string of the molecule is COc1cc(C2Nc3c(C(=O)NCC4CCCO4)cccc3C3C=CCC32)ccc1O. The zero-order valence-corrected chi connectivity index (χ0v) is 17.6. The van der Waals surface area contributed by atoms with E-state index >= 15 is 0 Å². The van der Waals surface area contributed by atoms with Crippen LogP contribution in [0.3, 0.4) is 0 Å². The highest BCUT2D eigenvalue weighted by atomic mass is 16.5. The van der Waals surface area contributed by atoms with Gasteiger partial charge in [-0.05, 0) is 54.5 Å². The molecule has 0 aromatic heterocycles. The number of carbonyl (C=O) groups excluding carboxylic acids is 1. The summed E-state index contributed by atoms with van der Waals surface area (Å²) in [4.78, 5) is 13.1. The molecule has 2 aromatic carbocycles. The molecule has 0 saturated carbocycles. The number of aromatic hydroxyl groups is 1. The van der Waals surface area contributed by atoms with Crippen LogP contribution in [0.25, 0.3) is 0 Å². The van der Waals surface area contributed by atoms with Crippen LogP contribution in [0.2, 0.25) is 0 Å². The molecule has 4 atom stereocenters. The van der Waals surface area contributed by atoms with E-state index in [0.717, 1.165) is 42.7 Å². The van der Waals surface area contributed by atoms with Gasteiger partial charge < -0.3 is 25.2 Å². The molecule has 1 saturated heterocycles. The van der Waals surface area contributed by atoms with Gasteiger partial charge in [0.2, 0.25) is 0 Å². The highest BCUT2D eigenvalue weighted by Crippen LogP contribution is 2.51. The summed E-state index contributed by atoms with van der Waals surface area (Å²) in [6.07, 6.45) is 7.58. The van der Waals surface area contributed by atoms with Crippen molar-refractivity contribution in [2.45, 2.75) is 37.3 Å². The number of methoxy groups -OCH3 is 1. The Bertz CT molecular complexity index is 1010. The number of nitrogens with one attached hydrogen (secondary N) is 2. The van der Waals surface area contributed by atoms with E-state index in [1.54, 1.807) is 13.2 Å². The number of phenols is 1. The van der Waals surface area contributed by atoms with Gasteiger partial charge in [-0.2, -0.15) is 0 Å². The van der Waals surface area contributed by atoms with Crippen molar-refractivity contribution in [2.75, 3.05) is 25.6 Å². The van der Waals surface area contributed by atoms with Crippen molar-refractivity contribution >= 4 is 11.6 Å². The van der Waals surface area contributed by atoms with Gasteiger partial charge in [0.15, 0.2) is 11.5 Å². The normalized spacial score (nSPS) is 26.1. The molecule has 1 fully saturated rings. The predicted molar refractivity (Wildman–Crippen MR) is 119 cm³/mol. The number of para-hydroxylation sites is 1. The molecule has 3 aliphatic rings. The second-order valence-electron chi connectivity index (χ2n) is 8.52. The highest BCUT2D eigenvalue weighted by Gasteiger charge is 2.39. The van der Waals surface area contributed by atoms with Gasteiger partial charge in [-0.1, -0.05) is 30.4 Å². The monoisotopic (exact) mass is 420 g/mol. The lowest BCUT2D eigenvalue weighted by Gasteiger charge is -2.38. The van der Waals surface area contributed by atoms with E-state index in [2.05, 4.69) is 28.9 Å². The van der Waals surface area contributed by atoms with Crippen LogP contribution in [0.4, 0.5) is 5.69 Å². The Kier molecular flexibility index (Phi) is 5.32. The molecule has 6 nitrogen and oxygen atoms in total. The molecule has 0 spiro atoms. The van der Waals surface area contributed by atoms with E-state index < -0.39 is 0 Å². The molecular weight excluding hydrogens is 392 g/mol. The minimum absolute atomic E-state index is 0.00844. The Labute approximate surface area is 182 Å². The van der Waals surface area contributed by atoms with Crippen LogP contribution in [-0.4, -0.2) is 37.4 Å². The summed E-state index contributed by atoms with van der Waals surface area (Å²) >= 11 is 0. The smallest absolute Gasteiger partial charge is 0.253 e. The molecule has 31 heavy (non-hydrogen) atoms. The summed E-state index contributed by atoms with van der Waals surface area (Å²) in [5, 5.41) is 16.7. The van der Waals surface area contributed by atoms with Crippen LogP contribution >= 0.6 is 0 Å². The average Bonchev–Trinajstić information content (AvgIpc) is 3.49. The number of anilines is 1. The standard InChI is InChI=1S/C25H28N2O4/c1-30-22-13-15(10-11-21(22)28)23-18-7-2-6-17(18)19-8-3-9-20(24(19)27-23)25(29)26-14-16-5-4-12-31-16/h2-3,6,8-11,13,16-18,23,27-28H,4-5,7,12,14H2,1H3,(H,26,29). The molecule has 162 valence electrons. The van der Waals surface area contributed by atoms with Crippen LogP contribution in [0.5, 0.6) is 11.5 Å². The van der Waals surface area contributed by atoms with Gasteiger partial charge in [0, 0.05) is 19.1 Å². The lowest BCUT2D eigenvalue weighted by Crippen LogP contribution is -2.34. The van der Waals surface area contributed by atoms with Crippen molar-refractivity contribution in [2.24, 2.45) is 5.92 Å². The largest absolute Gasteiger partial charge is 0.504 e. The van der Waals surface area contributed by atoms with Crippen molar-refractivity contribution in [1.82, 2.24) is 5.32 Å². The van der Waals surface area contributed by atoms with Crippen LogP contribution in [0, 0.1) is 5.92 Å². The maximum atomic E-state index is 13.1. The highest BCUT2D eigenvalue weighted by molar-refractivity contribution is 6.00. The second kappa shape index (κ2) is 8.27. The van der Waals surface area contributed by atoms with Gasteiger partial charge in [0.05, 0.1) is 30.5 Å². The molecule has 2 aromatic rings. The minimum atomic E-state index is -0.0812. The molecule has 0 bridgehead atoms. The number of ether oxygens (including phenoxy) is 2. The third-order valence-corrected chi connectivity index (χ3v) is 6.72. The number of amides is 1. The van der Waals surface area contributed by atoms with E-state index in [1.807, 2.05) is 24.3 Å². The molecule has 4 unspecified atom stereocenters. The molecule has 3 N–H and O–H groups in total. The number of phenolic OH excluding ortho intramolecular Hbond substituents is 1. The van der Waals surface area contributed by atoms with E-state index in [4.69, 9.17) is 9.47 Å². The van der Waals surface area contributed by atoms with Crippen molar-refractivity contribution in [3.63, 3.8) is 0 Å². The molecular formula is C25H28N2O4. The van der Waals surface area contributed by atoms with E-state index in [9.17, 15) is 9.90 Å². The fourth-order valence-electron chi connectivity index (χ4n) is 5.14. The summed E-state index contributed by atoms with van der Waals surface area (Å²) in [6, 6.07) is 11.4. The van der Waals surface area contributed by atoms with Crippen LogP contribution in [0.15, 0.2) is 48.6 Å². The number of fused-ring (bicyclic) bond motifs is 3. The fraction of sp³-hybridized carbons (Fsp3) is 0.400. The zero-order valence-electron chi connectivity index (χ0n) is 17.6. The molecule has 1 amide bonds. The first-order valence-electron chi connectivity index (χ1n) is 11.0. The number of rotatable bonds is 5. The van der Waals surface area contributed by atoms with Gasteiger partial charge in [0.25, 0.3) is 5.91 Å². The molecule has 2 aliphatic heterocycles. The Morgan fingerprint density at radius 2 is 2.23 bits per heavy atom. The van der Waals surface area contributed by atoms with Gasteiger partial charge in [0.1, 0.15) is 0 Å². The first kappa shape index (κ1) is 19.9. The summed E-state index contributed by atoms with van der Waals surface area (Å²) in [7, 11) is 1.55. The molecule has 0 radical (unpaired) electrons. The van der Waals surface area contributed by atoms with E-state index in [0.29, 0.717) is 23.8 Å². The summed E-state index contributed by atoms with van der Waals surface area (Å²) in [5.41, 5.74) is 3.74. The summed E-state index contributed by atoms with van der Waals surface area (Å²) < 4.78 is 11.0. The quantitative estimate of drug-likeness (QED) is 0.634. The maximum Gasteiger partial charge on any atom is 0.253 e. The third kappa shape index (κ3) is 3.65. The van der Waals surface area contributed by atoms with Crippen LogP contribution in [-0.2, 0) is 4.74 Å². The molecule has 1 aliphatic carbocycles. The fourth-order valence-corrected chi connectivity index (χ4v) is 5.14. The first-order chi connectivity index (χ1) is 15.2. The molecule has 5 rings (SSSR count). The lowest BCUT2D eigenvalue weighted by atomic mass is 9.76. The average molecular weight is 421 g/mol. The summed E-state index contributed by atoms with van der Waals surface area (Å²) in [6.45, 7) is 1.31. The Morgan fingerprint density at radius 3 is 3.03 bits per heavy atom. The number of hydrogen-bond acceptors (Lipinski definition) is 5. The molecule has 6 heteroatoms. The number of benzene rings is 2. The summed E-state index contributed by atoms with van der Waals surface area (Å²) in [5.74, 6) is 1.08. The van der Waals surface area contributed by atoms with Crippen LogP contribution < -0.4 is 15.4 Å². The van der Waals surface area contributed by atoms with E-state index in [1.165, 1.54) is 0 Å². The first-order valence-corrected chi connectivity index (χ1v) is 11.0. The Hall–Kier alpha value is -2.99. The topological polar surface area (TPSA) is 79.8 Å². The van der Waals surface area contributed by atoms with Gasteiger partial charge in [-0.25, -0.2) is 0 Å².